The summed E-state index contributed by atoms with van der Waals surface area (Å²) < 4.78 is 5.11. The van der Waals surface area contributed by atoms with Crippen molar-refractivity contribution in [2.45, 2.75) is 44.3 Å². The minimum absolute atomic E-state index is 0.0926. The molecule has 1 aliphatic carbocycles. The summed E-state index contributed by atoms with van der Waals surface area (Å²) in [5.41, 5.74) is 0. The van der Waals surface area contributed by atoms with Crippen LogP contribution in [0.1, 0.15) is 32.1 Å². The maximum absolute atomic E-state index is 11.2. The van der Waals surface area contributed by atoms with Crippen molar-refractivity contribution in [3.05, 3.63) is 0 Å². The van der Waals surface area contributed by atoms with Crippen LogP contribution in [0.25, 0.3) is 0 Å². The Morgan fingerprint density at radius 3 is 2.83 bits per heavy atom. The first-order valence-electron chi connectivity index (χ1n) is 4.66. The molecule has 3 heteroatoms. The van der Waals surface area contributed by atoms with Crippen molar-refractivity contribution >= 4 is 5.97 Å². The number of fused-ring (bicyclic) bond motifs is 5. The molecule has 1 saturated carbocycles. The highest BCUT2D eigenvalue weighted by Gasteiger charge is 2.35. The Morgan fingerprint density at radius 1 is 1.25 bits per heavy atom. The lowest BCUT2D eigenvalue weighted by molar-refractivity contribution is -0.171. The number of ether oxygens (including phenoxy) is 1. The fourth-order valence-electron chi connectivity index (χ4n) is 2.08. The number of aliphatic hydroxyl groups excluding tert-OH is 1. The average Bonchev–Trinajstić information content (AvgIpc) is 2.04. The molecule has 0 spiro atoms. The molecule has 3 nitrogen and oxygen atoms in total. The third-order valence-electron chi connectivity index (χ3n) is 2.88. The Balaban J connectivity index is 2.11. The van der Waals surface area contributed by atoms with Gasteiger partial charge in [0.2, 0.25) is 0 Å². The van der Waals surface area contributed by atoms with Crippen molar-refractivity contribution in [1.29, 1.82) is 0 Å². The van der Waals surface area contributed by atoms with Crippen molar-refractivity contribution in [3.63, 3.8) is 0 Å². The third kappa shape index (κ3) is 1.33. The molecule has 2 aliphatic heterocycles. The van der Waals surface area contributed by atoms with E-state index in [4.69, 9.17) is 4.74 Å². The summed E-state index contributed by atoms with van der Waals surface area (Å²) in [5, 5.41) is 9.54. The summed E-state index contributed by atoms with van der Waals surface area (Å²) in [4.78, 5) is 11.2. The van der Waals surface area contributed by atoms with Gasteiger partial charge in [0.25, 0.3) is 0 Å². The van der Waals surface area contributed by atoms with Crippen molar-refractivity contribution < 1.29 is 14.6 Å². The van der Waals surface area contributed by atoms with E-state index in [1.807, 2.05) is 0 Å². The van der Waals surface area contributed by atoms with Crippen LogP contribution in [0.15, 0.2) is 0 Å². The van der Waals surface area contributed by atoms with E-state index in [1.165, 1.54) is 0 Å². The summed E-state index contributed by atoms with van der Waals surface area (Å²) in [5.74, 6) is 0.0266. The van der Waals surface area contributed by atoms with E-state index >= 15 is 0 Å². The highest BCUT2D eigenvalue weighted by molar-refractivity contribution is 5.73. The van der Waals surface area contributed by atoms with Crippen LogP contribution in [-0.4, -0.2) is 23.3 Å². The number of hydrogen-bond donors (Lipinski definition) is 1. The summed E-state index contributed by atoms with van der Waals surface area (Å²) in [6.45, 7) is 0. The zero-order valence-electron chi connectivity index (χ0n) is 7.03. The van der Waals surface area contributed by atoms with Gasteiger partial charge in [0, 0.05) is 0 Å². The van der Waals surface area contributed by atoms with Gasteiger partial charge in [-0.2, -0.15) is 0 Å². The summed E-state index contributed by atoms with van der Waals surface area (Å²) in [7, 11) is 0. The summed E-state index contributed by atoms with van der Waals surface area (Å²) >= 11 is 0. The van der Waals surface area contributed by atoms with Crippen LogP contribution < -0.4 is 0 Å². The lowest BCUT2D eigenvalue weighted by Gasteiger charge is -2.33. The molecule has 3 fully saturated rings. The van der Waals surface area contributed by atoms with Gasteiger partial charge in [0.15, 0.2) is 0 Å². The lowest BCUT2D eigenvalue weighted by Crippen LogP contribution is -2.40. The molecule has 12 heavy (non-hydrogen) atoms. The van der Waals surface area contributed by atoms with Crippen molar-refractivity contribution in [1.82, 2.24) is 0 Å². The highest BCUT2D eigenvalue weighted by atomic mass is 16.6. The molecular weight excluding hydrogens is 156 g/mol. The third-order valence-corrected chi connectivity index (χ3v) is 2.88. The van der Waals surface area contributed by atoms with Gasteiger partial charge in [-0.1, -0.05) is 0 Å². The van der Waals surface area contributed by atoms with E-state index in [9.17, 15) is 9.90 Å². The predicted octanol–water partition coefficient (Wildman–Crippen LogP) is 0.853. The van der Waals surface area contributed by atoms with Crippen LogP contribution in [0.5, 0.6) is 0 Å². The van der Waals surface area contributed by atoms with E-state index in [1.54, 1.807) is 0 Å². The molecule has 0 amide bonds. The number of aliphatic hydroxyl groups is 1. The molecular formula is C9H14O3. The topological polar surface area (TPSA) is 46.5 Å². The Hall–Kier alpha value is -0.570. The summed E-state index contributed by atoms with van der Waals surface area (Å²) in [6.07, 6.45) is 3.75. The molecule has 2 saturated heterocycles. The molecule has 0 aromatic heterocycles. The van der Waals surface area contributed by atoms with Crippen LogP contribution in [-0.2, 0) is 9.53 Å². The first-order valence-corrected chi connectivity index (χ1v) is 4.66. The van der Waals surface area contributed by atoms with Gasteiger partial charge in [0.05, 0.1) is 12.0 Å². The van der Waals surface area contributed by atoms with Crippen molar-refractivity contribution in [2.24, 2.45) is 5.92 Å². The number of hydrogen-bond acceptors (Lipinski definition) is 3. The van der Waals surface area contributed by atoms with Crippen LogP contribution in [0.4, 0.5) is 0 Å². The van der Waals surface area contributed by atoms with Crippen molar-refractivity contribution in [3.8, 4) is 0 Å². The monoisotopic (exact) mass is 170 g/mol. The molecule has 3 rings (SSSR count). The molecule has 2 bridgehead atoms. The smallest absolute Gasteiger partial charge is 0.309 e. The molecule has 3 atom stereocenters. The number of esters is 1. The fourth-order valence-corrected chi connectivity index (χ4v) is 2.08. The van der Waals surface area contributed by atoms with Gasteiger partial charge in [-0.25, -0.2) is 0 Å². The van der Waals surface area contributed by atoms with Crippen LogP contribution >= 0.6 is 0 Å². The first kappa shape index (κ1) is 8.05. The SMILES string of the molecule is O=C1OC2CCC1CCCC2O. The molecule has 0 radical (unpaired) electrons. The standard InChI is InChI=1S/C9H14O3/c10-7-3-1-2-6-4-5-8(7)12-9(6)11/h6-8,10H,1-5H2. The lowest BCUT2D eigenvalue weighted by atomic mass is 9.86. The molecule has 68 valence electrons. The molecule has 3 aliphatic rings. The predicted molar refractivity (Wildman–Crippen MR) is 42.5 cm³/mol. The van der Waals surface area contributed by atoms with Crippen molar-refractivity contribution in [2.75, 3.05) is 0 Å². The molecule has 0 aromatic carbocycles. The van der Waals surface area contributed by atoms with Gasteiger partial charge in [-0.05, 0) is 32.1 Å². The van der Waals surface area contributed by atoms with Crippen LogP contribution in [0.3, 0.4) is 0 Å². The van der Waals surface area contributed by atoms with Gasteiger partial charge in [-0.3, -0.25) is 4.79 Å². The average molecular weight is 170 g/mol. The number of carbonyl (C=O) groups is 1. The largest absolute Gasteiger partial charge is 0.459 e. The quantitative estimate of drug-likeness (QED) is 0.548. The maximum atomic E-state index is 11.2. The second-order valence-electron chi connectivity index (χ2n) is 3.75. The fraction of sp³-hybridized carbons (Fsp3) is 0.889. The Kier molecular flexibility index (Phi) is 2.05. The van der Waals surface area contributed by atoms with E-state index in [-0.39, 0.29) is 18.0 Å². The van der Waals surface area contributed by atoms with E-state index < -0.39 is 6.10 Å². The van der Waals surface area contributed by atoms with Gasteiger partial charge < -0.3 is 9.84 Å². The maximum Gasteiger partial charge on any atom is 0.309 e. The molecule has 0 aromatic rings. The zero-order valence-corrected chi connectivity index (χ0v) is 7.03. The molecule has 3 unspecified atom stereocenters. The normalized spacial score (nSPS) is 41.8. The van der Waals surface area contributed by atoms with Gasteiger partial charge in [-0.15, -0.1) is 0 Å². The van der Waals surface area contributed by atoms with Crippen LogP contribution in [0, 0.1) is 5.92 Å². The zero-order chi connectivity index (χ0) is 8.55. The Bertz CT molecular complexity index is 188. The van der Waals surface area contributed by atoms with E-state index in [0.29, 0.717) is 0 Å². The van der Waals surface area contributed by atoms with Gasteiger partial charge in [0.1, 0.15) is 6.10 Å². The minimum Gasteiger partial charge on any atom is -0.459 e. The molecule has 2 heterocycles. The number of carbonyl (C=O) groups excluding carboxylic acids is 1. The van der Waals surface area contributed by atoms with Gasteiger partial charge >= 0.3 is 5.97 Å². The van der Waals surface area contributed by atoms with Crippen LogP contribution in [0.2, 0.25) is 0 Å². The van der Waals surface area contributed by atoms with E-state index in [2.05, 4.69) is 0 Å². The van der Waals surface area contributed by atoms with E-state index in [0.717, 1.165) is 32.1 Å². The molecule has 1 N–H and O–H groups in total. The summed E-state index contributed by atoms with van der Waals surface area (Å²) in [6, 6.07) is 0. The number of rotatable bonds is 0. The second-order valence-corrected chi connectivity index (χ2v) is 3.75. The second kappa shape index (κ2) is 3.05. The first-order chi connectivity index (χ1) is 5.77. The minimum atomic E-state index is -0.421. The Morgan fingerprint density at radius 2 is 2.08 bits per heavy atom. The Labute approximate surface area is 71.7 Å². The highest BCUT2D eigenvalue weighted by Crippen LogP contribution is 2.30.